The molecule has 2 aromatic carbocycles. The number of hydrogen-bond donors (Lipinski definition) is 0. The molecule has 0 spiro atoms. The molecule has 2 rings (SSSR count). The van der Waals surface area contributed by atoms with E-state index < -0.39 is 0 Å². The molecule has 0 N–H and O–H groups in total. The van der Waals surface area contributed by atoms with Crippen LogP contribution in [-0.2, 0) is 0 Å². The van der Waals surface area contributed by atoms with Gasteiger partial charge in [0.15, 0.2) is 0 Å². The van der Waals surface area contributed by atoms with Crippen molar-refractivity contribution in [3.63, 3.8) is 0 Å². The van der Waals surface area contributed by atoms with Crippen molar-refractivity contribution >= 4 is 21.6 Å². The minimum atomic E-state index is 1.11. The predicted octanol–water partition coefficient (Wildman–Crippen LogP) is 4.18. The molecule has 0 saturated heterocycles. The van der Waals surface area contributed by atoms with Crippen molar-refractivity contribution in [2.45, 2.75) is 0 Å². The Labute approximate surface area is 105 Å². The SMILES string of the molecule is CN(C)c1ccc(-c2ccc(Br)cc2)cc1. The number of halogens is 1. The van der Waals surface area contributed by atoms with Gasteiger partial charge in [-0.3, -0.25) is 0 Å². The first-order chi connectivity index (χ1) is 7.66. The lowest BCUT2D eigenvalue weighted by molar-refractivity contribution is 1.13. The summed E-state index contributed by atoms with van der Waals surface area (Å²) in [4.78, 5) is 2.10. The van der Waals surface area contributed by atoms with E-state index in [-0.39, 0.29) is 0 Å². The van der Waals surface area contributed by atoms with Crippen molar-refractivity contribution in [3.8, 4) is 11.1 Å². The first kappa shape index (κ1) is 11.2. The lowest BCUT2D eigenvalue weighted by atomic mass is 10.1. The van der Waals surface area contributed by atoms with Crippen molar-refractivity contribution in [2.24, 2.45) is 0 Å². The largest absolute Gasteiger partial charge is 0.378 e. The van der Waals surface area contributed by atoms with Gasteiger partial charge in [-0.2, -0.15) is 0 Å². The Balaban J connectivity index is 2.31. The zero-order chi connectivity index (χ0) is 11.5. The summed E-state index contributed by atoms with van der Waals surface area (Å²) in [5, 5.41) is 0. The summed E-state index contributed by atoms with van der Waals surface area (Å²) in [6, 6.07) is 16.9. The predicted molar refractivity (Wildman–Crippen MR) is 73.9 cm³/mol. The molecule has 82 valence electrons. The Morgan fingerprint density at radius 2 is 1.19 bits per heavy atom. The number of nitrogens with zero attached hydrogens (tertiary/aromatic N) is 1. The lowest BCUT2D eigenvalue weighted by Gasteiger charge is -2.12. The van der Waals surface area contributed by atoms with E-state index in [0.717, 1.165) is 4.47 Å². The average Bonchev–Trinajstić information content (AvgIpc) is 2.30. The first-order valence-corrected chi connectivity index (χ1v) is 5.99. The van der Waals surface area contributed by atoms with Crippen LogP contribution in [0.15, 0.2) is 53.0 Å². The highest BCUT2D eigenvalue weighted by Crippen LogP contribution is 2.23. The van der Waals surface area contributed by atoms with E-state index in [4.69, 9.17) is 0 Å². The molecule has 0 aliphatic rings. The van der Waals surface area contributed by atoms with Gasteiger partial charge in [-0.15, -0.1) is 0 Å². The third-order valence-electron chi connectivity index (χ3n) is 2.56. The van der Waals surface area contributed by atoms with Crippen LogP contribution in [0.2, 0.25) is 0 Å². The second-order valence-corrected chi connectivity index (χ2v) is 4.86. The molecule has 2 aromatic rings. The molecule has 0 saturated carbocycles. The zero-order valence-electron chi connectivity index (χ0n) is 9.44. The molecule has 0 radical (unpaired) electrons. The maximum Gasteiger partial charge on any atom is 0.0361 e. The average molecular weight is 276 g/mol. The van der Waals surface area contributed by atoms with Gasteiger partial charge < -0.3 is 4.90 Å². The van der Waals surface area contributed by atoms with E-state index in [9.17, 15) is 0 Å². The smallest absolute Gasteiger partial charge is 0.0361 e. The van der Waals surface area contributed by atoms with Gasteiger partial charge in [-0.1, -0.05) is 40.2 Å². The van der Waals surface area contributed by atoms with E-state index in [1.165, 1.54) is 16.8 Å². The van der Waals surface area contributed by atoms with E-state index in [2.05, 4.69) is 83.5 Å². The minimum absolute atomic E-state index is 1.11. The maximum absolute atomic E-state index is 3.44. The highest BCUT2D eigenvalue weighted by atomic mass is 79.9. The minimum Gasteiger partial charge on any atom is -0.378 e. The maximum atomic E-state index is 3.44. The monoisotopic (exact) mass is 275 g/mol. The fraction of sp³-hybridized carbons (Fsp3) is 0.143. The Morgan fingerprint density at radius 3 is 1.62 bits per heavy atom. The molecular weight excluding hydrogens is 262 g/mol. The van der Waals surface area contributed by atoms with Crippen LogP contribution in [0.5, 0.6) is 0 Å². The van der Waals surface area contributed by atoms with E-state index in [0.29, 0.717) is 0 Å². The van der Waals surface area contributed by atoms with Gasteiger partial charge in [0.05, 0.1) is 0 Å². The van der Waals surface area contributed by atoms with E-state index >= 15 is 0 Å². The highest BCUT2D eigenvalue weighted by molar-refractivity contribution is 9.10. The Bertz CT molecular complexity index is 457. The fourth-order valence-corrected chi connectivity index (χ4v) is 1.86. The van der Waals surface area contributed by atoms with Gasteiger partial charge in [0.25, 0.3) is 0 Å². The normalized spacial score (nSPS) is 10.2. The number of hydrogen-bond acceptors (Lipinski definition) is 1. The van der Waals surface area contributed by atoms with Crippen LogP contribution in [0.4, 0.5) is 5.69 Å². The van der Waals surface area contributed by atoms with Crippen molar-refractivity contribution in [2.75, 3.05) is 19.0 Å². The van der Waals surface area contributed by atoms with Gasteiger partial charge in [0.1, 0.15) is 0 Å². The zero-order valence-corrected chi connectivity index (χ0v) is 11.0. The number of anilines is 1. The third kappa shape index (κ3) is 2.45. The molecular formula is C14H14BrN. The number of rotatable bonds is 2. The molecule has 0 aliphatic heterocycles. The summed E-state index contributed by atoms with van der Waals surface area (Å²) in [5.41, 5.74) is 3.72. The van der Waals surface area contributed by atoms with E-state index in [1.54, 1.807) is 0 Å². The van der Waals surface area contributed by atoms with Gasteiger partial charge >= 0.3 is 0 Å². The topological polar surface area (TPSA) is 3.24 Å². The number of benzene rings is 2. The van der Waals surface area contributed by atoms with Gasteiger partial charge in [-0.25, -0.2) is 0 Å². The van der Waals surface area contributed by atoms with Crippen LogP contribution < -0.4 is 4.90 Å². The fourth-order valence-electron chi connectivity index (χ4n) is 1.59. The summed E-state index contributed by atoms with van der Waals surface area (Å²) < 4.78 is 1.11. The molecule has 0 aliphatic carbocycles. The van der Waals surface area contributed by atoms with Gasteiger partial charge in [0, 0.05) is 24.3 Å². The summed E-state index contributed by atoms with van der Waals surface area (Å²) in [6.07, 6.45) is 0. The third-order valence-corrected chi connectivity index (χ3v) is 3.09. The molecule has 0 atom stereocenters. The van der Waals surface area contributed by atoms with Crippen LogP contribution in [0, 0.1) is 0 Å². The van der Waals surface area contributed by atoms with Gasteiger partial charge in [0.2, 0.25) is 0 Å². The quantitative estimate of drug-likeness (QED) is 0.795. The van der Waals surface area contributed by atoms with Crippen LogP contribution in [0.1, 0.15) is 0 Å². The highest BCUT2D eigenvalue weighted by Gasteiger charge is 1.98. The molecule has 0 heterocycles. The summed E-state index contributed by atoms with van der Waals surface area (Å²) >= 11 is 3.44. The molecule has 0 aromatic heterocycles. The molecule has 0 bridgehead atoms. The van der Waals surface area contributed by atoms with Gasteiger partial charge in [-0.05, 0) is 35.4 Å². The second-order valence-electron chi connectivity index (χ2n) is 3.95. The Kier molecular flexibility index (Phi) is 3.30. The van der Waals surface area contributed by atoms with Crippen LogP contribution >= 0.6 is 15.9 Å². The van der Waals surface area contributed by atoms with E-state index in [1.807, 2.05) is 0 Å². The van der Waals surface area contributed by atoms with Crippen molar-refractivity contribution in [1.82, 2.24) is 0 Å². The molecule has 2 heteroatoms. The molecule has 1 nitrogen and oxygen atoms in total. The van der Waals surface area contributed by atoms with Crippen molar-refractivity contribution < 1.29 is 0 Å². The summed E-state index contributed by atoms with van der Waals surface area (Å²) in [7, 11) is 4.10. The Hall–Kier alpha value is -1.28. The molecule has 0 fully saturated rings. The lowest BCUT2D eigenvalue weighted by Crippen LogP contribution is -2.07. The van der Waals surface area contributed by atoms with Crippen molar-refractivity contribution in [1.29, 1.82) is 0 Å². The standard InChI is InChI=1S/C14H14BrN/c1-16(2)14-9-5-12(6-10-14)11-3-7-13(15)8-4-11/h3-10H,1-2H3. The van der Waals surface area contributed by atoms with Crippen LogP contribution in [0.3, 0.4) is 0 Å². The molecule has 0 unspecified atom stereocenters. The second kappa shape index (κ2) is 4.71. The van der Waals surface area contributed by atoms with Crippen molar-refractivity contribution in [3.05, 3.63) is 53.0 Å². The summed E-state index contributed by atoms with van der Waals surface area (Å²) in [6.45, 7) is 0. The molecule has 16 heavy (non-hydrogen) atoms. The summed E-state index contributed by atoms with van der Waals surface area (Å²) in [5.74, 6) is 0. The van der Waals surface area contributed by atoms with Crippen LogP contribution in [0.25, 0.3) is 11.1 Å². The molecule has 0 amide bonds. The Morgan fingerprint density at radius 1 is 0.750 bits per heavy atom. The van der Waals surface area contributed by atoms with Crippen LogP contribution in [-0.4, -0.2) is 14.1 Å². The first-order valence-electron chi connectivity index (χ1n) is 5.20.